The largest absolute Gasteiger partial charge is 0.278 e. The van der Waals surface area contributed by atoms with Crippen LogP contribution in [0.4, 0.5) is 0 Å². The second-order valence-electron chi connectivity index (χ2n) is 3.97. The van der Waals surface area contributed by atoms with Gasteiger partial charge in [-0.2, -0.15) is 0 Å². The SMILES string of the molecule is O=C(c1ccc(Cl)cc1)N1OC2C=CC1C2. The zero-order valence-electron chi connectivity index (χ0n) is 8.47. The molecule has 1 fully saturated rings. The van der Waals surface area contributed by atoms with Crippen LogP contribution in [0.2, 0.25) is 5.02 Å². The summed E-state index contributed by atoms with van der Waals surface area (Å²) < 4.78 is 0. The minimum absolute atomic E-state index is 0.0706. The maximum Gasteiger partial charge on any atom is 0.278 e. The second-order valence-corrected chi connectivity index (χ2v) is 4.41. The van der Waals surface area contributed by atoms with Crippen molar-refractivity contribution in [2.45, 2.75) is 18.6 Å². The number of rotatable bonds is 1. The van der Waals surface area contributed by atoms with E-state index in [1.54, 1.807) is 24.3 Å². The third-order valence-electron chi connectivity index (χ3n) is 2.86. The second kappa shape index (κ2) is 3.61. The van der Waals surface area contributed by atoms with Crippen LogP contribution < -0.4 is 0 Å². The van der Waals surface area contributed by atoms with Crippen molar-refractivity contribution in [2.24, 2.45) is 0 Å². The lowest BCUT2D eigenvalue weighted by Crippen LogP contribution is -2.34. The number of hydroxylamine groups is 2. The van der Waals surface area contributed by atoms with Crippen LogP contribution in [0.5, 0.6) is 0 Å². The molecule has 2 aliphatic rings. The Labute approximate surface area is 98.2 Å². The van der Waals surface area contributed by atoms with Crippen LogP contribution in [0.1, 0.15) is 16.8 Å². The molecule has 3 nitrogen and oxygen atoms in total. The van der Waals surface area contributed by atoms with Crippen molar-refractivity contribution in [1.82, 2.24) is 5.06 Å². The lowest BCUT2D eigenvalue weighted by Gasteiger charge is -2.22. The van der Waals surface area contributed by atoms with Gasteiger partial charge >= 0.3 is 0 Å². The summed E-state index contributed by atoms with van der Waals surface area (Å²) in [5.41, 5.74) is 0.602. The molecule has 3 rings (SSSR count). The van der Waals surface area contributed by atoms with Crippen LogP contribution in [0.25, 0.3) is 0 Å². The molecule has 82 valence electrons. The molecule has 1 aromatic rings. The average Bonchev–Trinajstić information content (AvgIpc) is 2.91. The fraction of sp³-hybridized carbons (Fsp3) is 0.250. The number of fused-ring (bicyclic) bond motifs is 2. The van der Waals surface area contributed by atoms with Crippen molar-refractivity contribution in [3.05, 3.63) is 47.0 Å². The number of benzene rings is 1. The van der Waals surface area contributed by atoms with Crippen molar-refractivity contribution >= 4 is 17.5 Å². The van der Waals surface area contributed by atoms with E-state index in [0.717, 1.165) is 6.42 Å². The Balaban J connectivity index is 1.83. The van der Waals surface area contributed by atoms with E-state index in [1.807, 2.05) is 12.2 Å². The number of hydrogen-bond donors (Lipinski definition) is 0. The Bertz CT molecular complexity index is 455. The van der Waals surface area contributed by atoms with E-state index in [-0.39, 0.29) is 18.1 Å². The zero-order chi connectivity index (χ0) is 11.1. The molecule has 0 radical (unpaired) electrons. The van der Waals surface area contributed by atoms with Crippen molar-refractivity contribution in [2.75, 3.05) is 0 Å². The predicted molar refractivity (Wildman–Crippen MR) is 60.0 cm³/mol. The topological polar surface area (TPSA) is 29.5 Å². The van der Waals surface area contributed by atoms with Gasteiger partial charge in [0.25, 0.3) is 5.91 Å². The van der Waals surface area contributed by atoms with Gasteiger partial charge in [-0.3, -0.25) is 9.63 Å². The van der Waals surface area contributed by atoms with Crippen LogP contribution in [0.3, 0.4) is 0 Å². The maximum atomic E-state index is 12.1. The summed E-state index contributed by atoms with van der Waals surface area (Å²) in [7, 11) is 0. The molecule has 1 saturated heterocycles. The molecule has 1 amide bonds. The Morgan fingerprint density at radius 2 is 2.06 bits per heavy atom. The Kier molecular flexibility index (Phi) is 2.23. The zero-order valence-corrected chi connectivity index (χ0v) is 9.22. The predicted octanol–water partition coefficient (Wildman–Crippen LogP) is 2.42. The van der Waals surface area contributed by atoms with Crippen LogP contribution in [0, 0.1) is 0 Å². The summed E-state index contributed by atoms with van der Waals surface area (Å²) in [6, 6.07) is 6.93. The third-order valence-corrected chi connectivity index (χ3v) is 3.12. The molecule has 1 aliphatic heterocycles. The Hall–Kier alpha value is -1.32. The van der Waals surface area contributed by atoms with E-state index < -0.39 is 0 Å². The lowest BCUT2D eigenvalue weighted by atomic mass is 10.2. The van der Waals surface area contributed by atoms with Crippen molar-refractivity contribution in [3.63, 3.8) is 0 Å². The van der Waals surface area contributed by atoms with Gasteiger partial charge in [0.2, 0.25) is 0 Å². The average molecular weight is 236 g/mol. The molecule has 1 aromatic carbocycles. The first-order valence-corrected chi connectivity index (χ1v) is 5.56. The first-order valence-electron chi connectivity index (χ1n) is 5.18. The molecule has 16 heavy (non-hydrogen) atoms. The molecule has 0 spiro atoms. The highest BCUT2D eigenvalue weighted by Crippen LogP contribution is 2.30. The van der Waals surface area contributed by atoms with E-state index in [4.69, 9.17) is 16.4 Å². The summed E-state index contributed by atoms with van der Waals surface area (Å²) in [5, 5.41) is 2.08. The summed E-state index contributed by atoms with van der Waals surface area (Å²) in [6.07, 6.45) is 4.96. The quantitative estimate of drug-likeness (QED) is 0.700. The van der Waals surface area contributed by atoms with Gasteiger partial charge in [0.15, 0.2) is 0 Å². The fourth-order valence-corrected chi connectivity index (χ4v) is 2.17. The van der Waals surface area contributed by atoms with Crippen LogP contribution in [-0.2, 0) is 4.84 Å². The van der Waals surface area contributed by atoms with E-state index in [1.165, 1.54) is 5.06 Å². The summed E-state index contributed by atoms with van der Waals surface area (Å²) >= 11 is 5.77. The number of nitrogens with zero attached hydrogens (tertiary/aromatic N) is 1. The third kappa shape index (κ3) is 1.52. The van der Waals surface area contributed by atoms with Crippen molar-refractivity contribution < 1.29 is 9.63 Å². The highest BCUT2D eigenvalue weighted by molar-refractivity contribution is 6.30. The highest BCUT2D eigenvalue weighted by atomic mass is 35.5. The number of amides is 1. The van der Waals surface area contributed by atoms with E-state index in [0.29, 0.717) is 10.6 Å². The van der Waals surface area contributed by atoms with Gasteiger partial charge in [-0.25, -0.2) is 5.06 Å². The van der Waals surface area contributed by atoms with Crippen LogP contribution >= 0.6 is 11.6 Å². The molecule has 2 unspecified atom stereocenters. The molecule has 0 N–H and O–H groups in total. The van der Waals surface area contributed by atoms with Crippen LogP contribution in [-0.4, -0.2) is 23.1 Å². The molecular weight excluding hydrogens is 226 g/mol. The summed E-state index contributed by atoms with van der Waals surface area (Å²) in [4.78, 5) is 17.5. The van der Waals surface area contributed by atoms with Crippen molar-refractivity contribution in [1.29, 1.82) is 0 Å². The Morgan fingerprint density at radius 1 is 1.31 bits per heavy atom. The number of carbonyl (C=O) groups excluding carboxylic acids is 1. The van der Waals surface area contributed by atoms with Gasteiger partial charge in [-0.15, -0.1) is 0 Å². The monoisotopic (exact) mass is 235 g/mol. The van der Waals surface area contributed by atoms with Crippen molar-refractivity contribution in [3.8, 4) is 0 Å². The van der Waals surface area contributed by atoms with E-state index in [2.05, 4.69) is 0 Å². The molecule has 2 atom stereocenters. The van der Waals surface area contributed by atoms with Gasteiger partial charge in [0.05, 0.1) is 6.04 Å². The molecule has 1 aliphatic carbocycles. The first-order chi connectivity index (χ1) is 7.74. The summed E-state index contributed by atoms with van der Waals surface area (Å²) in [5.74, 6) is -0.103. The smallest absolute Gasteiger partial charge is 0.267 e. The van der Waals surface area contributed by atoms with Gasteiger partial charge < -0.3 is 0 Å². The minimum atomic E-state index is -0.103. The van der Waals surface area contributed by atoms with Gasteiger partial charge in [0.1, 0.15) is 6.10 Å². The highest BCUT2D eigenvalue weighted by Gasteiger charge is 2.38. The number of hydrogen-bond acceptors (Lipinski definition) is 2. The maximum absolute atomic E-state index is 12.1. The molecule has 2 bridgehead atoms. The number of halogens is 1. The standard InChI is InChI=1S/C12H10ClNO2/c13-9-3-1-8(2-4-9)12(15)14-10-5-6-11(7-10)16-14/h1-6,10-11H,7H2. The fourth-order valence-electron chi connectivity index (χ4n) is 2.04. The molecule has 4 heteroatoms. The Morgan fingerprint density at radius 3 is 2.62 bits per heavy atom. The van der Waals surface area contributed by atoms with Crippen LogP contribution in [0.15, 0.2) is 36.4 Å². The molecule has 0 aromatic heterocycles. The van der Waals surface area contributed by atoms with E-state index in [9.17, 15) is 4.79 Å². The van der Waals surface area contributed by atoms with Gasteiger partial charge in [-0.1, -0.05) is 23.8 Å². The molecule has 0 saturated carbocycles. The van der Waals surface area contributed by atoms with Gasteiger partial charge in [0, 0.05) is 17.0 Å². The first kappa shape index (κ1) is 9.87. The summed E-state index contributed by atoms with van der Waals surface area (Å²) in [6.45, 7) is 0. The minimum Gasteiger partial charge on any atom is -0.267 e. The van der Waals surface area contributed by atoms with Gasteiger partial charge in [-0.05, 0) is 24.3 Å². The number of carbonyl (C=O) groups is 1. The molecular formula is C12H10ClNO2. The van der Waals surface area contributed by atoms with E-state index >= 15 is 0 Å². The lowest BCUT2D eigenvalue weighted by molar-refractivity contribution is -0.114. The normalized spacial score (nSPS) is 26.4. The molecule has 1 heterocycles.